The smallest absolute Gasteiger partial charge is 0.317 e. The molecule has 0 aromatic rings. The van der Waals surface area contributed by atoms with E-state index in [0.29, 0.717) is 19.5 Å². The molecule has 1 atom stereocenters. The zero-order chi connectivity index (χ0) is 15.2. The first kappa shape index (κ1) is 16.7. The number of nitrogens with two attached hydrogens (primary N) is 1. The van der Waals surface area contributed by atoms with Crippen molar-refractivity contribution in [3.8, 4) is 0 Å². The number of sulfonamides is 1. The number of amides is 2. The normalized spacial score (nSPS) is 19.1. The molecule has 1 aliphatic rings. The number of carbonyl (C=O) groups is 2. The monoisotopic (exact) mass is 307 g/mol. The van der Waals surface area contributed by atoms with Crippen LogP contribution in [0.15, 0.2) is 0 Å². The summed E-state index contributed by atoms with van der Waals surface area (Å²) in [7, 11) is -3.49. The average molecular weight is 307 g/mol. The molecule has 9 heteroatoms. The van der Waals surface area contributed by atoms with Crippen LogP contribution in [0, 0.1) is 5.92 Å². The second kappa shape index (κ2) is 7.44. The number of carbonyl (C=O) groups excluding carboxylic acids is 1. The summed E-state index contributed by atoms with van der Waals surface area (Å²) in [5, 5.41) is 16.1. The van der Waals surface area contributed by atoms with Crippen molar-refractivity contribution in [2.75, 3.05) is 25.4 Å². The van der Waals surface area contributed by atoms with Gasteiger partial charge in [-0.2, -0.15) is 0 Å². The summed E-state index contributed by atoms with van der Waals surface area (Å²) in [6.45, 7) is 1.41. The highest BCUT2D eigenvalue weighted by Crippen LogP contribution is 2.20. The van der Waals surface area contributed by atoms with E-state index in [-0.39, 0.29) is 37.1 Å². The third kappa shape index (κ3) is 6.71. The fourth-order valence-corrected chi connectivity index (χ4v) is 2.71. The molecule has 1 heterocycles. The molecule has 0 aromatic carbocycles. The van der Waals surface area contributed by atoms with Crippen LogP contribution >= 0.6 is 0 Å². The maximum atomic E-state index is 11.8. The number of carboxylic acid groups (broad SMARTS) is 1. The van der Waals surface area contributed by atoms with Crippen LogP contribution in [-0.2, 0) is 14.8 Å². The molecule has 1 aliphatic heterocycles. The molecular formula is C11H21N3O5S. The lowest BCUT2D eigenvalue weighted by atomic mass is 10.0. The molecule has 0 spiro atoms. The van der Waals surface area contributed by atoms with Crippen molar-refractivity contribution in [3.63, 3.8) is 0 Å². The molecule has 116 valence electrons. The van der Waals surface area contributed by atoms with Gasteiger partial charge in [-0.1, -0.05) is 0 Å². The average Bonchev–Trinajstić information content (AvgIpc) is 2.79. The molecule has 8 nitrogen and oxygen atoms in total. The summed E-state index contributed by atoms with van der Waals surface area (Å²) in [6.07, 6.45) is 1.78. The van der Waals surface area contributed by atoms with Crippen molar-refractivity contribution in [2.45, 2.75) is 25.7 Å². The molecule has 1 unspecified atom stereocenters. The van der Waals surface area contributed by atoms with Gasteiger partial charge in [0.05, 0.1) is 5.75 Å². The number of hydrogen-bond donors (Lipinski definition) is 3. The summed E-state index contributed by atoms with van der Waals surface area (Å²) in [4.78, 5) is 23.9. The molecule has 4 N–H and O–H groups in total. The van der Waals surface area contributed by atoms with Crippen molar-refractivity contribution < 1.29 is 23.1 Å². The Kier molecular flexibility index (Phi) is 6.21. The van der Waals surface area contributed by atoms with Gasteiger partial charge in [0.15, 0.2) is 0 Å². The number of urea groups is 1. The van der Waals surface area contributed by atoms with Crippen LogP contribution in [0.4, 0.5) is 4.79 Å². The van der Waals surface area contributed by atoms with Gasteiger partial charge in [-0.3, -0.25) is 4.79 Å². The van der Waals surface area contributed by atoms with Gasteiger partial charge in [-0.25, -0.2) is 18.4 Å². The van der Waals surface area contributed by atoms with E-state index in [9.17, 15) is 18.0 Å². The first-order valence-electron chi connectivity index (χ1n) is 6.53. The number of hydrogen-bond acceptors (Lipinski definition) is 4. The second-order valence-electron chi connectivity index (χ2n) is 4.99. The molecule has 1 fully saturated rings. The summed E-state index contributed by atoms with van der Waals surface area (Å²) < 4.78 is 21.4. The Morgan fingerprint density at radius 1 is 1.40 bits per heavy atom. The van der Waals surface area contributed by atoms with E-state index in [4.69, 9.17) is 10.2 Å². The fraction of sp³-hybridized carbons (Fsp3) is 0.818. The second-order valence-corrected chi connectivity index (χ2v) is 6.72. The lowest BCUT2D eigenvalue weighted by Crippen LogP contribution is -2.39. The SMILES string of the molecule is NS(=O)(=O)CCCNC(=O)N1CCC(CCC(=O)O)C1. The molecule has 0 aliphatic carbocycles. The van der Waals surface area contributed by atoms with Gasteiger partial charge < -0.3 is 15.3 Å². The number of likely N-dealkylation sites (tertiary alicyclic amines) is 1. The summed E-state index contributed by atoms with van der Waals surface area (Å²) in [5.41, 5.74) is 0. The highest BCUT2D eigenvalue weighted by atomic mass is 32.2. The Balaban J connectivity index is 2.20. The summed E-state index contributed by atoms with van der Waals surface area (Å²) in [5.74, 6) is -0.758. The van der Waals surface area contributed by atoms with Crippen molar-refractivity contribution in [2.24, 2.45) is 11.1 Å². The highest BCUT2D eigenvalue weighted by molar-refractivity contribution is 7.89. The van der Waals surface area contributed by atoms with E-state index in [1.165, 1.54) is 0 Å². The Morgan fingerprint density at radius 2 is 2.10 bits per heavy atom. The largest absolute Gasteiger partial charge is 0.481 e. The highest BCUT2D eigenvalue weighted by Gasteiger charge is 2.26. The van der Waals surface area contributed by atoms with Crippen molar-refractivity contribution >= 4 is 22.0 Å². The van der Waals surface area contributed by atoms with Crippen LogP contribution in [0.5, 0.6) is 0 Å². The van der Waals surface area contributed by atoms with Crippen molar-refractivity contribution in [1.29, 1.82) is 0 Å². The van der Waals surface area contributed by atoms with Crippen LogP contribution < -0.4 is 10.5 Å². The predicted molar refractivity (Wildman–Crippen MR) is 72.5 cm³/mol. The number of carboxylic acids is 1. The molecule has 0 saturated carbocycles. The van der Waals surface area contributed by atoms with Crippen LogP contribution in [0.1, 0.15) is 25.7 Å². The quantitative estimate of drug-likeness (QED) is 0.549. The van der Waals surface area contributed by atoms with Gasteiger partial charge >= 0.3 is 12.0 Å². The fourth-order valence-electron chi connectivity index (χ4n) is 2.16. The predicted octanol–water partition coefficient (Wildman–Crippen LogP) is -0.439. The van der Waals surface area contributed by atoms with Crippen LogP contribution in [0.2, 0.25) is 0 Å². The van der Waals surface area contributed by atoms with E-state index in [1.54, 1.807) is 4.90 Å². The van der Waals surface area contributed by atoms with E-state index in [0.717, 1.165) is 6.42 Å². The minimum absolute atomic E-state index is 0.120. The molecular weight excluding hydrogens is 286 g/mol. The van der Waals surface area contributed by atoms with E-state index >= 15 is 0 Å². The topological polar surface area (TPSA) is 130 Å². The number of rotatable bonds is 7. The zero-order valence-corrected chi connectivity index (χ0v) is 12.1. The maximum absolute atomic E-state index is 11.8. The number of primary sulfonamides is 1. The van der Waals surface area contributed by atoms with Gasteiger partial charge in [-0.05, 0) is 25.2 Å². The Labute approximate surface area is 118 Å². The lowest BCUT2D eigenvalue weighted by molar-refractivity contribution is -0.137. The standard InChI is InChI=1S/C11H21N3O5S/c12-20(18,19)7-1-5-13-11(17)14-6-4-9(8-14)2-3-10(15)16/h9H,1-8H2,(H,13,17)(H,15,16)(H2,12,18,19). The lowest BCUT2D eigenvalue weighted by Gasteiger charge is -2.17. The van der Waals surface area contributed by atoms with Gasteiger partial charge in [-0.15, -0.1) is 0 Å². The first-order valence-corrected chi connectivity index (χ1v) is 8.24. The van der Waals surface area contributed by atoms with Crippen LogP contribution in [0.25, 0.3) is 0 Å². The minimum Gasteiger partial charge on any atom is -0.481 e. The molecule has 1 saturated heterocycles. The minimum atomic E-state index is -3.49. The maximum Gasteiger partial charge on any atom is 0.317 e. The Hall–Kier alpha value is -1.35. The van der Waals surface area contributed by atoms with Gasteiger partial charge in [0.25, 0.3) is 0 Å². The van der Waals surface area contributed by atoms with Crippen LogP contribution in [-0.4, -0.2) is 55.8 Å². The van der Waals surface area contributed by atoms with Gasteiger partial charge in [0, 0.05) is 26.1 Å². The number of nitrogens with zero attached hydrogens (tertiary/aromatic N) is 1. The van der Waals surface area contributed by atoms with Crippen molar-refractivity contribution in [3.05, 3.63) is 0 Å². The summed E-state index contributed by atoms with van der Waals surface area (Å²) in [6, 6.07) is -0.239. The molecule has 1 rings (SSSR count). The van der Waals surface area contributed by atoms with E-state index < -0.39 is 16.0 Å². The Morgan fingerprint density at radius 3 is 2.70 bits per heavy atom. The molecule has 0 radical (unpaired) electrons. The number of aliphatic carboxylic acids is 1. The van der Waals surface area contributed by atoms with Crippen LogP contribution in [0.3, 0.4) is 0 Å². The molecule has 0 aromatic heterocycles. The zero-order valence-electron chi connectivity index (χ0n) is 11.2. The molecule has 0 bridgehead atoms. The Bertz CT molecular complexity index is 451. The van der Waals surface area contributed by atoms with Crippen molar-refractivity contribution in [1.82, 2.24) is 10.2 Å². The molecule has 20 heavy (non-hydrogen) atoms. The summed E-state index contributed by atoms with van der Waals surface area (Å²) >= 11 is 0. The third-order valence-electron chi connectivity index (χ3n) is 3.22. The first-order chi connectivity index (χ1) is 9.28. The number of nitrogens with one attached hydrogen (secondary N) is 1. The van der Waals surface area contributed by atoms with E-state index in [1.807, 2.05) is 0 Å². The molecule has 2 amide bonds. The van der Waals surface area contributed by atoms with Gasteiger partial charge in [0.2, 0.25) is 10.0 Å². The van der Waals surface area contributed by atoms with E-state index in [2.05, 4.69) is 5.32 Å². The van der Waals surface area contributed by atoms with Gasteiger partial charge in [0.1, 0.15) is 0 Å². The third-order valence-corrected chi connectivity index (χ3v) is 4.08.